The summed E-state index contributed by atoms with van der Waals surface area (Å²) in [6.45, 7) is 1.26. The second-order valence-corrected chi connectivity index (χ2v) is 7.59. The average molecular weight is 392 g/mol. The summed E-state index contributed by atoms with van der Waals surface area (Å²) in [5, 5.41) is 2.76. The molecule has 0 aliphatic carbocycles. The highest BCUT2D eigenvalue weighted by molar-refractivity contribution is 7.89. The molecule has 144 valence electrons. The molecule has 1 heterocycles. The molecule has 0 unspecified atom stereocenters. The maximum atomic E-state index is 12.5. The number of nitrogens with one attached hydrogen (secondary N) is 2. The first kappa shape index (κ1) is 19.0. The van der Waals surface area contributed by atoms with Gasteiger partial charge in [0.15, 0.2) is 11.5 Å². The average Bonchev–Trinajstić information content (AvgIpc) is 2.71. The number of amides is 1. The van der Waals surface area contributed by atoms with Crippen LogP contribution < -0.4 is 24.2 Å². The molecule has 1 aliphatic heterocycles. The fourth-order valence-electron chi connectivity index (χ4n) is 2.62. The number of carbonyl (C=O) groups is 1. The molecule has 27 heavy (non-hydrogen) atoms. The number of rotatable bonds is 6. The molecule has 2 aromatic rings. The Bertz CT molecular complexity index is 958. The highest BCUT2D eigenvalue weighted by atomic mass is 32.2. The lowest BCUT2D eigenvalue weighted by Gasteiger charge is -2.19. The highest BCUT2D eigenvalue weighted by Gasteiger charge is 2.20. The Morgan fingerprint density at radius 1 is 1.11 bits per heavy atom. The van der Waals surface area contributed by atoms with Gasteiger partial charge in [-0.15, -0.1) is 0 Å². The van der Waals surface area contributed by atoms with Gasteiger partial charge >= 0.3 is 0 Å². The Kier molecular flexibility index (Phi) is 5.52. The molecule has 3 rings (SSSR count). The Labute approximate surface area is 157 Å². The molecule has 0 saturated heterocycles. The number of hydrogen-bond acceptors (Lipinski definition) is 6. The summed E-state index contributed by atoms with van der Waals surface area (Å²) in [6, 6.07) is 9.67. The number of carbonyl (C=O) groups excluding carboxylic acids is 1. The molecule has 2 aromatic carbocycles. The van der Waals surface area contributed by atoms with Gasteiger partial charge in [-0.05, 0) is 42.9 Å². The molecule has 2 N–H and O–H groups in total. The Hall–Kier alpha value is -2.78. The van der Waals surface area contributed by atoms with Gasteiger partial charge in [-0.2, -0.15) is 0 Å². The smallest absolute Gasteiger partial charge is 0.251 e. The third kappa shape index (κ3) is 4.15. The molecule has 1 aliphatic rings. The van der Waals surface area contributed by atoms with Gasteiger partial charge in [0.2, 0.25) is 10.0 Å². The normalized spacial score (nSPS) is 13.1. The zero-order chi connectivity index (χ0) is 19.4. The van der Waals surface area contributed by atoms with Crippen LogP contribution in [0.1, 0.15) is 15.9 Å². The summed E-state index contributed by atoms with van der Waals surface area (Å²) < 4.78 is 42.5. The number of methoxy groups -OCH3 is 1. The van der Waals surface area contributed by atoms with E-state index in [1.54, 1.807) is 12.1 Å². The maximum Gasteiger partial charge on any atom is 0.251 e. The van der Waals surface area contributed by atoms with Crippen molar-refractivity contribution in [2.45, 2.75) is 11.4 Å². The SMILES string of the molecule is CNS(=O)(=O)c1cc(C(=O)NCc2ccc3c(c2)OCCO3)ccc1OC. The van der Waals surface area contributed by atoms with Gasteiger partial charge in [-0.3, -0.25) is 4.79 Å². The van der Waals surface area contributed by atoms with Gasteiger partial charge in [0, 0.05) is 12.1 Å². The molecule has 0 spiro atoms. The third-order valence-corrected chi connectivity index (χ3v) is 5.48. The van der Waals surface area contributed by atoms with Gasteiger partial charge in [0.05, 0.1) is 7.11 Å². The summed E-state index contributed by atoms with van der Waals surface area (Å²) in [4.78, 5) is 12.4. The summed E-state index contributed by atoms with van der Waals surface area (Å²) in [5.41, 5.74) is 1.05. The summed E-state index contributed by atoms with van der Waals surface area (Å²) in [6.07, 6.45) is 0. The van der Waals surface area contributed by atoms with Crippen molar-refractivity contribution in [3.8, 4) is 17.2 Å². The number of fused-ring (bicyclic) bond motifs is 1. The van der Waals surface area contributed by atoms with Crippen LogP contribution in [0.25, 0.3) is 0 Å². The van der Waals surface area contributed by atoms with Crippen LogP contribution in [0.15, 0.2) is 41.3 Å². The van der Waals surface area contributed by atoms with Crippen molar-refractivity contribution in [2.24, 2.45) is 0 Å². The van der Waals surface area contributed by atoms with E-state index in [0.717, 1.165) is 5.56 Å². The zero-order valence-electron chi connectivity index (χ0n) is 14.9. The first-order valence-electron chi connectivity index (χ1n) is 8.23. The number of hydrogen-bond donors (Lipinski definition) is 2. The fourth-order valence-corrected chi connectivity index (χ4v) is 3.54. The van der Waals surface area contributed by atoms with Crippen molar-refractivity contribution >= 4 is 15.9 Å². The minimum Gasteiger partial charge on any atom is -0.495 e. The summed E-state index contributed by atoms with van der Waals surface area (Å²) in [5.74, 6) is 1.07. The van der Waals surface area contributed by atoms with Crippen LogP contribution in [0, 0.1) is 0 Å². The number of sulfonamides is 1. The van der Waals surface area contributed by atoms with Crippen LogP contribution in [0.3, 0.4) is 0 Å². The van der Waals surface area contributed by atoms with Gasteiger partial charge < -0.3 is 19.5 Å². The van der Waals surface area contributed by atoms with E-state index in [-0.39, 0.29) is 22.8 Å². The van der Waals surface area contributed by atoms with Crippen molar-refractivity contribution in [3.05, 3.63) is 47.5 Å². The van der Waals surface area contributed by atoms with E-state index in [1.165, 1.54) is 32.4 Å². The van der Waals surface area contributed by atoms with Gasteiger partial charge in [-0.1, -0.05) is 6.07 Å². The first-order valence-corrected chi connectivity index (χ1v) is 9.71. The Morgan fingerprint density at radius 2 is 1.85 bits per heavy atom. The quantitative estimate of drug-likeness (QED) is 0.768. The minimum absolute atomic E-state index is 0.0977. The zero-order valence-corrected chi connectivity index (χ0v) is 15.8. The Morgan fingerprint density at radius 3 is 2.56 bits per heavy atom. The fraction of sp³-hybridized carbons (Fsp3) is 0.278. The molecule has 0 radical (unpaired) electrons. The van der Waals surface area contributed by atoms with Crippen molar-refractivity contribution in [1.29, 1.82) is 0 Å². The van der Waals surface area contributed by atoms with Crippen LogP contribution in [0.2, 0.25) is 0 Å². The van der Waals surface area contributed by atoms with Gasteiger partial charge in [-0.25, -0.2) is 13.1 Å². The second-order valence-electron chi connectivity index (χ2n) is 5.73. The lowest BCUT2D eigenvalue weighted by molar-refractivity contribution is 0.0950. The van der Waals surface area contributed by atoms with Crippen LogP contribution >= 0.6 is 0 Å². The van der Waals surface area contributed by atoms with Crippen LogP contribution in [0.5, 0.6) is 17.2 Å². The van der Waals surface area contributed by atoms with Crippen LogP contribution in [-0.2, 0) is 16.6 Å². The van der Waals surface area contributed by atoms with Crippen molar-refractivity contribution < 1.29 is 27.4 Å². The van der Waals surface area contributed by atoms with E-state index in [0.29, 0.717) is 24.7 Å². The van der Waals surface area contributed by atoms with Crippen molar-refractivity contribution in [2.75, 3.05) is 27.4 Å². The van der Waals surface area contributed by atoms with Gasteiger partial charge in [0.25, 0.3) is 5.91 Å². The maximum absolute atomic E-state index is 12.5. The van der Waals surface area contributed by atoms with Crippen molar-refractivity contribution in [1.82, 2.24) is 10.0 Å². The van der Waals surface area contributed by atoms with Crippen LogP contribution in [-0.4, -0.2) is 41.7 Å². The van der Waals surface area contributed by atoms with E-state index >= 15 is 0 Å². The lowest BCUT2D eigenvalue weighted by Crippen LogP contribution is -2.24. The summed E-state index contributed by atoms with van der Waals surface area (Å²) in [7, 11) is -1.10. The van der Waals surface area contributed by atoms with Crippen LogP contribution in [0.4, 0.5) is 0 Å². The molecule has 0 saturated carbocycles. The lowest BCUT2D eigenvalue weighted by atomic mass is 10.1. The standard InChI is InChI=1S/C18H20N2O6S/c1-19-27(22,23)17-10-13(4-6-15(17)24-2)18(21)20-11-12-3-5-14-16(9-12)26-8-7-25-14/h3-6,9-10,19H,7-8,11H2,1-2H3,(H,20,21). The van der Waals surface area contributed by atoms with E-state index in [1.807, 2.05) is 6.07 Å². The van der Waals surface area contributed by atoms with E-state index in [9.17, 15) is 13.2 Å². The molecular weight excluding hydrogens is 372 g/mol. The molecular formula is C18H20N2O6S. The largest absolute Gasteiger partial charge is 0.495 e. The second kappa shape index (κ2) is 7.85. The number of ether oxygens (including phenoxy) is 3. The van der Waals surface area contributed by atoms with E-state index in [2.05, 4.69) is 10.0 Å². The molecule has 0 fully saturated rings. The molecule has 8 nitrogen and oxygen atoms in total. The predicted octanol–water partition coefficient (Wildman–Crippen LogP) is 1.30. The van der Waals surface area contributed by atoms with E-state index < -0.39 is 15.9 Å². The van der Waals surface area contributed by atoms with Gasteiger partial charge in [0.1, 0.15) is 23.9 Å². The topological polar surface area (TPSA) is 103 Å². The first-order chi connectivity index (χ1) is 12.9. The molecule has 0 bridgehead atoms. The monoisotopic (exact) mass is 392 g/mol. The predicted molar refractivity (Wildman–Crippen MR) is 97.8 cm³/mol. The van der Waals surface area contributed by atoms with E-state index in [4.69, 9.17) is 14.2 Å². The summed E-state index contributed by atoms with van der Waals surface area (Å²) >= 11 is 0. The minimum atomic E-state index is -3.76. The Balaban J connectivity index is 1.76. The number of benzene rings is 2. The molecule has 9 heteroatoms. The molecule has 1 amide bonds. The molecule has 0 atom stereocenters. The third-order valence-electron chi connectivity index (χ3n) is 4.04. The molecule has 0 aromatic heterocycles. The van der Waals surface area contributed by atoms with Crippen molar-refractivity contribution in [3.63, 3.8) is 0 Å². The highest BCUT2D eigenvalue weighted by Crippen LogP contribution is 2.30.